The monoisotopic (exact) mass is 877 g/mol. The molecule has 20 nitrogen and oxygen atoms in total. The van der Waals surface area contributed by atoms with Crippen molar-refractivity contribution in [2.24, 2.45) is 25.4 Å². The molecule has 0 amide bonds. The summed E-state index contributed by atoms with van der Waals surface area (Å²) < 4.78 is 34.8. The number of benzene rings is 5. The first kappa shape index (κ1) is 49.8. The zero-order valence-corrected chi connectivity index (χ0v) is 37.0. The van der Waals surface area contributed by atoms with Gasteiger partial charge in [0.1, 0.15) is 43.6 Å². The Balaban J connectivity index is 0.000000388. The summed E-state index contributed by atoms with van der Waals surface area (Å²) in [5.74, 6) is -1.38. The van der Waals surface area contributed by atoms with E-state index in [0.29, 0.717) is 28.7 Å². The van der Waals surface area contributed by atoms with Crippen molar-refractivity contribution >= 4 is 56.1 Å². The quantitative estimate of drug-likeness (QED) is 0.0437. The van der Waals surface area contributed by atoms with E-state index in [1.165, 1.54) is 31.3 Å². The van der Waals surface area contributed by atoms with Gasteiger partial charge < -0.3 is 29.7 Å². The van der Waals surface area contributed by atoms with Crippen LogP contribution in [0.3, 0.4) is 0 Å². The summed E-state index contributed by atoms with van der Waals surface area (Å²) in [6.45, 7) is 1.47. The molecule has 0 fully saturated rings. The molecule has 0 saturated carbocycles. The predicted molar refractivity (Wildman–Crippen MR) is 198 cm³/mol. The van der Waals surface area contributed by atoms with Crippen LogP contribution in [-0.2, 0) is 27.5 Å². The number of rotatable bonds is 10. The fraction of sp³-hybridized carbons (Fsp3) is 0.0286. The van der Waals surface area contributed by atoms with E-state index in [1.54, 1.807) is 54.6 Å². The van der Waals surface area contributed by atoms with E-state index < -0.39 is 47.5 Å². The van der Waals surface area contributed by atoms with Crippen LogP contribution in [-0.4, -0.2) is 49.0 Å². The molecule has 5 aromatic carbocycles. The topological polar surface area (TPSA) is 302 Å². The van der Waals surface area contributed by atoms with Crippen molar-refractivity contribution in [1.29, 1.82) is 0 Å². The number of azo groups is 2. The van der Waals surface area contributed by atoms with Gasteiger partial charge >= 0.3 is 59.1 Å². The fourth-order valence-corrected chi connectivity index (χ4v) is 5.20. The number of nitro benzene ring substituents is 2. The summed E-state index contributed by atoms with van der Waals surface area (Å²) in [6, 6.07) is 26.8. The minimum absolute atomic E-state index is 0. The Hall–Kier alpha value is -5.38. The number of phenolic OH excluding ortho intramolecular Hbond substituents is 3. The molecule has 0 atom stereocenters. The summed E-state index contributed by atoms with van der Waals surface area (Å²) in [6.07, 6.45) is 1.29. The third-order valence-electron chi connectivity index (χ3n) is 7.33. The third-order valence-corrected chi connectivity index (χ3v) is 8.18. The van der Waals surface area contributed by atoms with Crippen molar-refractivity contribution in [3.05, 3.63) is 151 Å². The first-order chi connectivity index (χ1) is 26.6. The van der Waals surface area contributed by atoms with Crippen LogP contribution in [0.2, 0.25) is 0 Å². The van der Waals surface area contributed by atoms with Crippen LogP contribution >= 0.6 is 0 Å². The van der Waals surface area contributed by atoms with E-state index in [4.69, 9.17) is 0 Å². The van der Waals surface area contributed by atoms with Gasteiger partial charge in [0, 0.05) is 59.1 Å². The Morgan fingerprint density at radius 2 is 1.29 bits per heavy atom. The van der Waals surface area contributed by atoms with Crippen molar-refractivity contribution in [2.75, 3.05) is 0 Å². The largest absolute Gasteiger partial charge is 1.00 e. The second-order valence-electron chi connectivity index (χ2n) is 11.2. The molecule has 0 radical (unpaired) electrons. The van der Waals surface area contributed by atoms with Crippen LogP contribution < -0.4 is 69.8 Å². The standard InChI is InChI=1S/C19H14N4O4.C16H13N5O7S.Cr.2Na/c24-18-8-6-15(22-21-14-4-2-1-3-5-14)10-13(18)12-20-17-11-16(23(26)27)7-9-19(17)25;1-9-14(16(23)20(19-9)10-5-3-2-4-6-10)18-17-12-7-11(21(24)25)8-13(15(12)22)29(26,27)28;;;/h1-12,24-25H;2-8H,1H3,(H3,17,18,19,22,23,26,27,28);;;/q;;;2*+1/p-2. The van der Waals surface area contributed by atoms with E-state index in [9.17, 15) is 53.3 Å². The molecule has 6 aromatic rings. The number of aryl methyl sites for hydroxylation is 1. The van der Waals surface area contributed by atoms with Gasteiger partial charge in [-0.1, -0.05) is 43.3 Å². The number of nitrogens with zero attached hydrogens (tertiary/aromatic N) is 9. The molecule has 0 unspecified atom stereocenters. The molecular formula is C35H25CrN9Na2O11S. The Labute approximate surface area is 388 Å². The average molecular weight is 878 g/mol. The number of aromatic nitrogens is 2. The number of aliphatic imine (C=N–C) groups is 1. The molecule has 1 aromatic heterocycles. The molecule has 0 bridgehead atoms. The fourth-order valence-electron chi connectivity index (χ4n) is 4.60. The van der Waals surface area contributed by atoms with Crippen molar-refractivity contribution < 1.29 is 115 Å². The van der Waals surface area contributed by atoms with E-state index >= 15 is 0 Å². The van der Waals surface area contributed by atoms with Gasteiger partial charge in [0.05, 0.1) is 21.2 Å². The summed E-state index contributed by atoms with van der Waals surface area (Å²) in [5.41, 5.74) is -0.414. The Morgan fingerprint density at radius 1 is 0.712 bits per heavy atom. The minimum Gasteiger partial charge on any atom is -0.744 e. The second kappa shape index (κ2) is 22.1. The Kier molecular flexibility index (Phi) is 18.7. The SMILES string of the molecule is Cc1[n-]n(-c2ccccc2)c(=O)c1N=Nc1cc([N+](=O)[O-])cc(S(=O)(=O)[O-])c1O.O=[N+]([O-])c1ccc(O)c(N=Cc2cc(N=Nc3ccccc3)ccc2O)c1.[Cr].[Na+].[Na+]. The minimum atomic E-state index is -5.23. The molecule has 0 aliphatic carbocycles. The van der Waals surface area contributed by atoms with E-state index in [0.717, 1.165) is 16.8 Å². The number of hydrogen-bond donors (Lipinski definition) is 3. The molecule has 1 heterocycles. The molecule has 6 rings (SSSR count). The molecule has 0 saturated heterocycles. The van der Waals surface area contributed by atoms with Gasteiger partial charge in [-0.25, -0.2) is 8.42 Å². The van der Waals surface area contributed by atoms with Gasteiger partial charge in [-0.3, -0.25) is 30.0 Å². The van der Waals surface area contributed by atoms with E-state index in [-0.39, 0.29) is 111 Å². The summed E-state index contributed by atoms with van der Waals surface area (Å²) >= 11 is 0. The van der Waals surface area contributed by atoms with Gasteiger partial charge in [0.2, 0.25) is 0 Å². The van der Waals surface area contributed by atoms with Gasteiger partial charge in [0.15, 0.2) is 5.75 Å². The average Bonchev–Trinajstić information content (AvgIpc) is 3.46. The van der Waals surface area contributed by atoms with E-state index in [1.807, 2.05) is 18.2 Å². The number of non-ortho nitro benzene ring substituents is 2. The summed E-state index contributed by atoms with van der Waals surface area (Å²) in [5, 5.41) is 71.0. The Bertz CT molecular complexity index is 2720. The maximum atomic E-state index is 12.5. The summed E-state index contributed by atoms with van der Waals surface area (Å²) in [7, 11) is -5.23. The van der Waals surface area contributed by atoms with Crippen LogP contribution in [0.15, 0.2) is 144 Å². The third kappa shape index (κ3) is 13.1. The van der Waals surface area contributed by atoms with Gasteiger partial charge in [-0.05, 0) is 48.5 Å². The summed E-state index contributed by atoms with van der Waals surface area (Å²) in [4.78, 5) is 35.6. The normalized spacial score (nSPS) is 10.9. The van der Waals surface area contributed by atoms with Crippen molar-refractivity contribution in [1.82, 2.24) is 9.78 Å². The van der Waals surface area contributed by atoms with Crippen LogP contribution in [0, 0.1) is 27.2 Å². The molecule has 290 valence electrons. The van der Waals surface area contributed by atoms with Crippen LogP contribution in [0.25, 0.3) is 5.69 Å². The van der Waals surface area contributed by atoms with Crippen molar-refractivity contribution in [3.63, 3.8) is 0 Å². The zero-order chi connectivity index (χ0) is 40.6. The smallest absolute Gasteiger partial charge is 0.744 e. The number of phenols is 3. The van der Waals surface area contributed by atoms with Crippen molar-refractivity contribution in [3.8, 4) is 22.9 Å². The van der Waals surface area contributed by atoms with Gasteiger partial charge in [-0.15, -0.1) is 15.9 Å². The molecule has 24 heteroatoms. The van der Waals surface area contributed by atoms with Gasteiger partial charge in [0.25, 0.3) is 16.9 Å². The molecule has 3 N–H and O–H groups in total. The second-order valence-corrected chi connectivity index (χ2v) is 12.5. The molecule has 0 aliphatic heterocycles. The molecule has 0 spiro atoms. The number of nitro groups is 2. The Morgan fingerprint density at radius 3 is 1.90 bits per heavy atom. The molecule has 59 heavy (non-hydrogen) atoms. The number of aromatic hydroxyl groups is 3. The number of hydrogen-bond acceptors (Lipinski definition) is 16. The zero-order valence-electron chi connectivity index (χ0n) is 30.9. The first-order valence-corrected chi connectivity index (χ1v) is 17.1. The number of para-hydroxylation sites is 1. The predicted octanol–water partition coefficient (Wildman–Crippen LogP) is 1.21. The maximum Gasteiger partial charge on any atom is 1.00 e. The molecular weight excluding hydrogens is 852 g/mol. The van der Waals surface area contributed by atoms with Crippen LogP contribution in [0.4, 0.5) is 39.8 Å². The van der Waals surface area contributed by atoms with Gasteiger partial charge in [-0.2, -0.15) is 10.2 Å². The van der Waals surface area contributed by atoms with Crippen LogP contribution in [0.5, 0.6) is 17.2 Å². The maximum absolute atomic E-state index is 12.5. The van der Waals surface area contributed by atoms with Crippen LogP contribution in [0.1, 0.15) is 11.3 Å². The van der Waals surface area contributed by atoms with E-state index in [2.05, 4.69) is 30.5 Å². The van der Waals surface area contributed by atoms with Crippen molar-refractivity contribution in [2.45, 2.75) is 11.8 Å². The first-order valence-electron chi connectivity index (χ1n) is 15.6. The molecule has 0 aliphatic rings.